The van der Waals surface area contributed by atoms with Gasteiger partial charge in [-0.3, -0.25) is 0 Å². The summed E-state index contributed by atoms with van der Waals surface area (Å²) in [5.41, 5.74) is 9.07. The summed E-state index contributed by atoms with van der Waals surface area (Å²) >= 11 is 1.83. The van der Waals surface area contributed by atoms with E-state index in [2.05, 4.69) is 32.0 Å². The van der Waals surface area contributed by atoms with Gasteiger partial charge in [-0.1, -0.05) is 12.1 Å². The molecular weight excluding hydrogens is 190 g/mol. The van der Waals surface area contributed by atoms with E-state index < -0.39 is 0 Å². The lowest BCUT2D eigenvalue weighted by Gasteiger charge is -1.99. The number of nitrogen functional groups attached to an aromatic ring is 1. The van der Waals surface area contributed by atoms with Crippen molar-refractivity contribution in [3.8, 4) is 10.4 Å². The van der Waals surface area contributed by atoms with Gasteiger partial charge in [0.15, 0.2) is 0 Å². The Morgan fingerprint density at radius 1 is 1.07 bits per heavy atom. The minimum atomic E-state index is 0.819. The van der Waals surface area contributed by atoms with Crippen molar-refractivity contribution in [2.75, 3.05) is 5.73 Å². The number of rotatable bonds is 1. The molecule has 1 aromatic heterocycles. The van der Waals surface area contributed by atoms with Gasteiger partial charge in [-0.15, -0.1) is 11.3 Å². The van der Waals surface area contributed by atoms with E-state index in [1.165, 1.54) is 20.9 Å². The lowest BCUT2D eigenvalue weighted by atomic mass is 10.1. The first-order valence-electron chi connectivity index (χ1n) is 4.60. The molecule has 14 heavy (non-hydrogen) atoms. The highest BCUT2D eigenvalue weighted by Gasteiger charge is 2.04. The molecule has 0 saturated heterocycles. The number of nitrogens with two attached hydrogens (primary N) is 1. The number of hydrogen-bond acceptors (Lipinski definition) is 2. The Labute approximate surface area is 88.2 Å². The fraction of sp³-hybridized carbons (Fsp3) is 0.167. The summed E-state index contributed by atoms with van der Waals surface area (Å²) in [5, 5.41) is 0. The number of thiophene rings is 1. The first-order valence-corrected chi connectivity index (χ1v) is 5.41. The van der Waals surface area contributed by atoms with Crippen LogP contribution >= 0.6 is 11.3 Å². The van der Waals surface area contributed by atoms with Gasteiger partial charge in [0, 0.05) is 15.4 Å². The molecule has 2 heteroatoms. The monoisotopic (exact) mass is 203 g/mol. The summed E-state index contributed by atoms with van der Waals surface area (Å²) in [7, 11) is 0. The van der Waals surface area contributed by atoms with Crippen LogP contribution in [0.5, 0.6) is 0 Å². The number of benzene rings is 1. The first kappa shape index (κ1) is 9.28. The Kier molecular flexibility index (Phi) is 2.30. The molecule has 0 unspecified atom stereocenters. The van der Waals surface area contributed by atoms with Crippen molar-refractivity contribution >= 4 is 17.0 Å². The van der Waals surface area contributed by atoms with Crippen molar-refractivity contribution in [2.45, 2.75) is 13.8 Å². The molecule has 72 valence electrons. The molecule has 1 heterocycles. The van der Waals surface area contributed by atoms with Gasteiger partial charge in [0.1, 0.15) is 0 Å². The molecule has 0 aliphatic carbocycles. The van der Waals surface area contributed by atoms with Crippen molar-refractivity contribution < 1.29 is 0 Å². The second kappa shape index (κ2) is 3.46. The van der Waals surface area contributed by atoms with E-state index in [0.717, 1.165) is 5.69 Å². The van der Waals surface area contributed by atoms with Crippen LogP contribution < -0.4 is 5.73 Å². The third kappa shape index (κ3) is 1.66. The van der Waals surface area contributed by atoms with Crippen molar-refractivity contribution in [1.82, 2.24) is 0 Å². The van der Waals surface area contributed by atoms with Crippen LogP contribution in [0.2, 0.25) is 0 Å². The smallest absolute Gasteiger partial charge is 0.0374 e. The molecule has 0 radical (unpaired) electrons. The van der Waals surface area contributed by atoms with Crippen LogP contribution in [-0.4, -0.2) is 0 Å². The Morgan fingerprint density at radius 3 is 2.21 bits per heavy atom. The predicted molar refractivity (Wildman–Crippen MR) is 63.6 cm³/mol. The third-order valence-corrected chi connectivity index (χ3v) is 3.42. The van der Waals surface area contributed by atoms with E-state index in [1.807, 2.05) is 23.5 Å². The Hall–Kier alpha value is -1.28. The fourth-order valence-corrected chi connectivity index (χ4v) is 2.59. The van der Waals surface area contributed by atoms with E-state index in [4.69, 9.17) is 5.73 Å². The van der Waals surface area contributed by atoms with E-state index in [0.29, 0.717) is 0 Å². The Morgan fingerprint density at radius 2 is 1.71 bits per heavy atom. The van der Waals surface area contributed by atoms with Crippen molar-refractivity contribution in [3.05, 3.63) is 40.8 Å². The van der Waals surface area contributed by atoms with Gasteiger partial charge in [0.05, 0.1) is 0 Å². The molecule has 2 N–H and O–H groups in total. The standard InChI is InChI=1S/C12H13NS/c1-8-7-9(2)14-12(8)10-3-5-11(13)6-4-10/h3-7H,13H2,1-2H3. The summed E-state index contributed by atoms with van der Waals surface area (Å²) < 4.78 is 0. The largest absolute Gasteiger partial charge is 0.399 e. The number of anilines is 1. The highest BCUT2D eigenvalue weighted by Crippen LogP contribution is 2.32. The highest BCUT2D eigenvalue weighted by atomic mass is 32.1. The maximum Gasteiger partial charge on any atom is 0.0374 e. The third-order valence-electron chi connectivity index (χ3n) is 2.21. The van der Waals surface area contributed by atoms with Gasteiger partial charge >= 0.3 is 0 Å². The molecule has 2 rings (SSSR count). The fourth-order valence-electron chi connectivity index (χ4n) is 1.56. The topological polar surface area (TPSA) is 26.0 Å². The summed E-state index contributed by atoms with van der Waals surface area (Å²) in [5.74, 6) is 0. The maximum atomic E-state index is 5.65. The molecule has 1 aromatic carbocycles. The molecular formula is C12H13NS. The van der Waals surface area contributed by atoms with Gasteiger partial charge in [-0.25, -0.2) is 0 Å². The zero-order valence-electron chi connectivity index (χ0n) is 8.37. The van der Waals surface area contributed by atoms with E-state index in [1.54, 1.807) is 0 Å². The molecule has 1 nitrogen and oxygen atoms in total. The highest BCUT2D eigenvalue weighted by molar-refractivity contribution is 7.15. The lowest BCUT2D eigenvalue weighted by Crippen LogP contribution is -1.83. The second-order valence-corrected chi connectivity index (χ2v) is 4.75. The van der Waals surface area contributed by atoms with Gasteiger partial charge < -0.3 is 5.73 Å². The summed E-state index contributed by atoms with van der Waals surface area (Å²) in [6, 6.07) is 10.3. The quantitative estimate of drug-likeness (QED) is 0.704. The van der Waals surface area contributed by atoms with Crippen LogP contribution in [-0.2, 0) is 0 Å². The maximum absolute atomic E-state index is 5.65. The second-order valence-electron chi connectivity index (χ2n) is 3.49. The predicted octanol–water partition coefficient (Wildman–Crippen LogP) is 3.61. The molecule has 0 aliphatic rings. The molecule has 0 amide bonds. The zero-order valence-corrected chi connectivity index (χ0v) is 9.19. The Balaban J connectivity index is 2.49. The van der Waals surface area contributed by atoms with Gasteiger partial charge in [0.2, 0.25) is 0 Å². The van der Waals surface area contributed by atoms with Crippen molar-refractivity contribution in [1.29, 1.82) is 0 Å². The summed E-state index contributed by atoms with van der Waals surface area (Å²) in [4.78, 5) is 2.71. The minimum Gasteiger partial charge on any atom is -0.399 e. The number of hydrogen-bond donors (Lipinski definition) is 1. The molecule has 0 atom stereocenters. The number of aryl methyl sites for hydroxylation is 2. The van der Waals surface area contributed by atoms with Crippen LogP contribution in [0.3, 0.4) is 0 Å². The molecule has 0 fully saturated rings. The van der Waals surface area contributed by atoms with Crippen molar-refractivity contribution in [3.63, 3.8) is 0 Å². The van der Waals surface area contributed by atoms with Crippen LogP contribution in [0, 0.1) is 13.8 Å². The van der Waals surface area contributed by atoms with E-state index in [-0.39, 0.29) is 0 Å². The normalized spacial score (nSPS) is 10.4. The lowest BCUT2D eigenvalue weighted by molar-refractivity contribution is 1.50. The van der Waals surface area contributed by atoms with Crippen LogP contribution in [0.25, 0.3) is 10.4 Å². The molecule has 0 aliphatic heterocycles. The van der Waals surface area contributed by atoms with Gasteiger partial charge in [-0.05, 0) is 43.2 Å². The van der Waals surface area contributed by atoms with E-state index >= 15 is 0 Å². The molecule has 0 spiro atoms. The first-order chi connectivity index (χ1) is 6.66. The Bertz CT molecular complexity index is 440. The molecule has 0 bridgehead atoms. The minimum absolute atomic E-state index is 0.819. The van der Waals surface area contributed by atoms with Crippen LogP contribution in [0.15, 0.2) is 30.3 Å². The average molecular weight is 203 g/mol. The van der Waals surface area contributed by atoms with Crippen LogP contribution in [0.4, 0.5) is 5.69 Å². The molecule has 2 aromatic rings. The SMILES string of the molecule is Cc1cc(C)c(-c2ccc(N)cc2)s1. The average Bonchev–Trinajstić information content (AvgIpc) is 2.47. The van der Waals surface area contributed by atoms with Crippen molar-refractivity contribution in [2.24, 2.45) is 0 Å². The molecule has 0 saturated carbocycles. The summed E-state index contributed by atoms with van der Waals surface area (Å²) in [6.07, 6.45) is 0. The zero-order chi connectivity index (χ0) is 10.1. The van der Waals surface area contributed by atoms with E-state index in [9.17, 15) is 0 Å². The summed E-state index contributed by atoms with van der Waals surface area (Å²) in [6.45, 7) is 4.29. The van der Waals surface area contributed by atoms with Gasteiger partial charge in [-0.2, -0.15) is 0 Å². The van der Waals surface area contributed by atoms with Crippen LogP contribution in [0.1, 0.15) is 10.4 Å². The van der Waals surface area contributed by atoms with Gasteiger partial charge in [0.25, 0.3) is 0 Å².